The van der Waals surface area contributed by atoms with Gasteiger partial charge in [0.1, 0.15) is 0 Å². The van der Waals surface area contributed by atoms with Crippen LogP contribution in [0, 0.1) is 6.92 Å². The Morgan fingerprint density at radius 1 is 1.58 bits per heavy atom. The summed E-state index contributed by atoms with van der Waals surface area (Å²) in [6, 6.07) is 5.15. The van der Waals surface area contributed by atoms with E-state index in [0.29, 0.717) is 5.33 Å². The smallest absolute Gasteiger partial charge is 0.0718 e. The summed E-state index contributed by atoms with van der Waals surface area (Å²) >= 11 is 3.24. The highest BCUT2D eigenvalue weighted by atomic mass is 79.9. The molecule has 0 fully saturated rings. The lowest BCUT2D eigenvalue weighted by Crippen LogP contribution is -2.23. The largest absolute Gasteiger partial charge is 0.545 e. The minimum atomic E-state index is -1.12. The van der Waals surface area contributed by atoms with E-state index in [0.717, 1.165) is 11.1 Å². The molecule has 12 heavy (non-hydrogen) atoms. The first kappa shape index (κ1) is 9.26. The molecule has 0 heterocycles. The molecule has 0 aliphatic carbocycles. The second kappa shape index (κ2) is 3.72. The summed E-state index contributed by atoms with van der Waals surface area (Å²) in [6.45, 7) is 1.88. The van der Waals surface area contributed by atoms with E-state index in [9.17, 15) is 9.90 Å². The molecular weight excluding hydrogens is 220 g/mol. The molecule has 1 aromatic carbocycles. The van der Waals surface area contributed by atoms with Crippen LogP contribution in [0.2, 0.25) is 0 Å². The summed E-state index contributed by atoms with van der Waals surface area (Å²) in [6.07, 6.45) is 0. The molecule has 2 nitrogen and oxygen atoms in total. The van der Waals surface area contributed by atoms with Gasteiger partial charge in [-0.2, -0.15) is 0 Å². The van der Waals surface area contributed by atoms with Crippen LogP contribution in [0.5, 0.6) is 0 Å². The molecule has 0 saturated carbocycles. The van der Waals surface area contributed by atoms with Crippen LogP contribution in [0.1, 0.15) is 21.5 Å². The van der Waals surface area contributed by atoms with Crippen molar-refractivity contribution in [3.05, 3.63) is 34.9 Å². The van der Waals surface area contributed by atoms with Crippen molar-refractivity contribution in [3.63, 3.8) is 0 Å². The Morgan fingerprint density at radius 3 is 2.67 bits per heavy atom. The summed E-state index contributed by atoms with van der Waals surface area (Å²) in [4.78, 5) is 10.6. The fraction of sp³-hybridized carbons (Fsp3) is 0.222. The number of halogens is 1. The summed E-state index contributed by atoms with van der Waals surface area (Å²) < 4.78 is 0. The second-order valence-corrected chi connectivity index (χ2v) is 3.08. The number of hydrogen-bond acceptors (Lipinski definition) is 2. The first-order valence-electron chi connectivity index (χ1n) is 3.52. The summed E-state index contributed by atoms with van der Waals surface area (Å²) in [7, 11) is 0. The van der Waals surface area contributed by atoms with E-state index in [1.165, 1.54) is 0 Å². The lowest BCUT2D eigenvalue weighted by Gasteiger charge is -2.10. The maximum Gasteiger partial charge on any atom is 0.0718 e. The van der Waals surface area contributed by atoms with Crippen LogP contribution in [0.15, 0.2) is 18.2 Å². The van der Waals surface area contributed by atoms with Crippen molar-refractivity contribution >= 4 is 21.9 Å². The third-order valence-corrected chi connectivity index (χ3v) is 2.32. The second-order valence-electron chi connectivity index (χ2n) is 2.52. The maximum atomic E-state index is 10.6. The Morgan fingerprint density at radius 2 is 2.25 bits per heavy atom. The van der Waals surface area contributed by atoms with Crippen LogP contribution in [-0.4, -0.2) is 5.97 Å². The lowest BCUT2D eigenvalue weighted by atomic mass is 10.0. The van der Waals surface area contributed by atoms with Crippen LogP contribution in [0.25, 0.3) is 0 Å². The Labute approximate surface area is 79.3 Å². The zero-order valence-corrected chi connectivity index (χ0v) is 8.22. The van der Waals surface area contributed by atoms with Gasteiger partial charge in [0, 0.05) is 10.9 Å². The van der Waals surface area contributed by atoms with Crippen molar-refractivity contribution in [2.45, 2.75) is 12.3 Å². The Balaban J connectivity index is 3.27. The van der Waals surface area contributed by atoms with Gasteiger partial charge in [-0.1, -0.05) is 34.1 Å². The topological polar surface area (TPSA) is 40.1 Å². The molecule has 0 saturated heterocycles. The van der Waals surface area contributed by atoms with Gasteiger partial charge < -0.3 is 9.90 Å². The molecule has 1 rings (SSSR count). The lowest BCUT2D eigenvalue weighted by molar-refractivity contribution is -0.255. The molecular formula is C9H8BrO2-. The fourth-order valence-corrected chi connectivity index (χ4v) is 1.82. The number of aromatic carboxylic acids is 1. The van der Waals surface area contributed by atoms with E-state index in [4.69, 9.17) is 0 Å². The van der Waals surface area contributed by atoms with Gasteiger partial charge in [0.15, 0.2) is 0 Å². The van der Waals surface area contributed by atoms with Crippen LogP contribution in [-0.2, 0) is 5.33 Å². The maximum absolute atomic E-state index is 10.6. The third kappa shape index (κ3) is 1.67. The van der Waals surface area contributed by atoms with Crippen molar-refractivity contribution in [3.8, 4) is 0 Å². The van der Waals surface area contributed by atoms with Gasteiger partial charge in [0.05, 0.1) is 5.97 Å². The van der Waals surface area contributed by atoms with Crippen LogP contribution >= 0.6 is 15.9 Å². The summed E-state index contributed by atoms with van der Waals surface area (Å²) in [5.41, 5.74) is 2.03. The molecule has 3 heteroatoms. The molecule has 0 aliphatic rings. The Hall–Kier alpha value is -0.830. The number of alkyl halides is 1. The van der Waals surface area contributed by atoms with Gasteiger partial charge in [-0.15, -0.1) is 0 Å². The highest BCUT2D eigenvalue weighted by Gasteiger charge is 2.03. The number of benzene rings is 1. The van der Waals surface area contributed by atoms with E-state index >= 15 is 0 Å². The molecule has 0 aromatic heterocycles. The van der Waals surface area contributed by atoms with Gasteiger partial charge in [-0.05, 0) is 18.1 Å². The number of aryl methyl sites for hydroxylation is 1. The molecule has 0 atom stereocenters. The van der Waals surface area contributed by atoms with Gasteiger partial charge in [-0.3, -0.25) is 0 Å². The predicted octanol–water partition coefficient (Wildman–Crippen LogP) is 1.25. The average Bonchev–Trinajstić information content (AvgIpc) is 2.03. The van der Waals surface area contributed by atoms with Crippen LogP contribution in [0.4, 0.5) is 0 Å². The van der Waals surface area contributed by atoms with E-state index < -0.39 is 5.97 Å². The number of rotatable bonds is 2. The summed E-state index contributed by atoms with van der Waals surface area (Å²) in [5.74, 6) is -1.12. The van der Waals surface area contributed by atoms with Crippen molar-refractivity contribution in [1.29, 1.82) is 0 Å². The van der Waals surface area contributed by atoms with E-state index in [1.54, 1.807) is 12.1 Å². The SMILES string of the molecule is Cc1cccc(C(=O)[O-])c1CBr. The first-order valence-corrected chi connectivity index (χ1v) is 4.64. The number of hydrogen-bond donors (Lipinski definition) is 0. The van der Waals surface area contributed by atoms with Crippen molar-refractivity contribution in [2.75, 3.05) is 0 Å². The molecule has 0 amide bonds. The monoisotopic (exact) mass is 227 g/mol. The number of carboxylic acid groups (broad SMARTS) is 1. The Kier molecular flexibility index (Phi) is 2.87. The number of carbonyl (C=O) groups excluding carboxylic acids is 1. The standard InChI is InChI=1S/C9H9BrO2/c1-6-3-2-4-7(9(11)12)8(6)5-10/h2-4H,5H2,1H3,(H,11,12)/p-1. The fourth-order valence-electron chi connectivity index (χ4n) is 1.07. The summed E-state index contributed by atoms with van der Waals surface area (Å²) in [5, 5.41) is 11.1. The number of carboxylic acids is 1. The molecule has 0 aliphatic heterocycles. The van der Waals surface area contributed by atoms with E-state index in [-0.39, 0.29) is 5.56 Å². The normalized spacial score (nSPS) is 9.83. The van der Waals surface area contributed by atoms with Crippen molar-refractivity contribution in [1.82, 2.24) is 0 Å². The molecule has 0 radical (unpaired) electrons. The number of carbonyl (C=O) groups is 1. The average molecular weight is 228 g/mol. The molecule has 1 aromatic rings. The quantitative estimate of drug-likeness (QED) is 0.714. The zero-order chi connectivity index (χ0) is 9.14. The van der Waals surface area contributed by atoms with Gasteiger partial charge in [-0.25, -0.2) is 0 Å². The molecule has 0 unspecified atom stereocenters. The van der Waals surface area contributed by atoms with Crippen LogP contribution < -0.4 is 5.11 Å². The highest BCUT2D eigenvalue weighted by Crippen LogP contribution is 2.16. The predicted molar refractivity (Wildman–Crippen MR) is 48.1 cm³/mol. The van der Waals surface area contributed by atoms with Gasteiger partial charge in [0.25, 0.3) is 0 Å². The highest BCUT2D eigenvalue weighted by molar-refractivity contribution is 9.08. The Bertz CT molecular complexity index is 307. The van der Waals surface area contributed by atoms with Gasteiger partial charge in [0.2, 0.25) is 0 Å². The van der Waals surface area contributed by atoms with Crippen LogP contribution in [0.3, 0.4) is 0 Å². The third-order valence-electron chi connectivity index (χ3n) is 1.76. The zero-order valence-electron chi connectivity index (χ0n) is 6.63. The first-order chi connectivity index (χ1) is 5.66. The minimum absolute atomic E-state index is 0.270. The van der Waals surface area contributed by atoms with E-state index in [2.05, 4.69) is 15.9 Å². The molecule has 64 valence electrons. The molecule has 0 bridgehead atoms. The minimum Gasteiger partial charge on any atom is -0.545 e. The molecule has 0 spiro atoms. The molecule has 0 N–H and O–H groups in total. The van der Waals surface area contributed by atoms with Gasteiger partial charge >= 0.3 is 0 Å². The van der Waals surface area contributed by atoms with Crippen molar-refractivity contribution in [2.24, 2.45) is 0 Å². The van der Waals surface area contributed by atoms with Crippen molar-refractivity contribution < 1.29 is 9.90 Å². The van der Waals surface area contributed by atoms with E-state index in [1.807, 2.05) is 13.0 Å².